The number of ketones is 1. The molecular weight excluding hydrogens is 268 g/mol. The van der Waals surface area contributed by atoms with Crippen molar-refractivity contribution < 1.29 is 9.00 Å². The van der Waals surface area contributed by atoms with Crippen molar-refractivity contribution in [2.75, 3.05) is 0 Å². The van der Waals surface area contributed by atoms with E-state index in [0.717, 1.165) is 32.1 Å². The highest BCUT2D eigenvalue weighted by molar-refractivity contribution is 7.87. The van der Waals surface area contributed by atoms with Crippen LogP contribution in [0, 0.1) is 0 Å². The third-order valence-corrected chi connectivity index (χ3v) is 6.28. The van der Waals surface area contributed by atoms with Gasteiger partial charge in [-0.15, -0.1) is 0 Å². The van der Waals surface area contributed by atoms with Gasteiger partial charge in [-0.05, 0) is 31.7 Å². The lowest BCUT2D eigenvalue weighted by atomic mass is 10.0. The van der Waals surface area contributed by atoms with Gasteiger partial charge < -0.3 is 0 Å². The summed E-state index contributed by atoms with van der Waals surface area (Å²) in [5.74, 6) is 0.0246. The largest absolute Gasteiger partial charge is 0.293 e. The lowest BCUT2D eigenvalue weighted by Crippen LogP contribution is -2.31. The minimum absolute atomic E-state index is 0.0246. The van der Waals surface area contributed by atoms with E-state index in [4.69, 9.17) is 0 Å². The van der Waals surface area contributed by atoms with Crippen molar-refractivity contribution in [1.82, 2.24) is 0 Å². The van der Waals surface area contributed by atoms with Gasteiger partial charge in [0.2, 0.25) is 0 Å². The van der Waals surface area contributed by atoms with Crippen LogP contribution in [0.2, 0.25) is 0 Å². The van der Waals surface area contributed by atoms with Crippen LogP contribution in [0.5, 0.6) is 0 Å². The van der Waals surface area contributed by atoms with Gasteiger partial charge in [0, 0.05) is 21.6 Å². The van der Waals surface area contributed by atoms with E-state index in [1.165, 1.54) is 12.0 Å². The van der Waals surface area contributed by atoms with Gasteiger partial charge in [-0.2, -0.15) is 0 Å². The van der Waals surface area contributed by atoms with Crippen LogP contribution in [0.25, 0.3) is 0 Å². The number of carbonyl (C=O) groups is 1. The first-order valence-corrected chi connectivity index (χ1v) is 8.93. The second kappa shape index (κ2) is 7.16. The van der Waals surface area contributed by atoms with Gasteiger partial charge in [0.15, 0.2) is 5.78 Å². The molecule has 2 rings (SSSR count). The Balaban J connectivity index is 2.04. The zero-order valence-corrected chi connectivity index (χ0v) is 13.2. The van der Waals surface area contributed by atoms with Crippen molar-refractivity contribution in [2.45, 2.75) is 62.9 Å². The van der Waals surface area contributed by atoms with Crippen LogP contribution in [0.3, 0.4) is 0 Å². The van der Waals surface area contributed by atoms with Crippen LogP contribution >= 0.6 is 0 Å². The zero-order valence-electron chi connectivity index (χ0n) is 12.4. The quantitative estimate of drug-likeness (QED) is 0.771. The molecule has 2 nitrogen and oxygen atoms in total. The van der Waals surface area contributed by atoms with E-state index >= 15 is 0 Å². The topological polar surface area (TPSA) is 34.1 Å². The van der Waals surface area contributed by atoms with Gasteiger partial charge in [0.1, 0.15) is 0 Å². The van der Waals surface area contributed by atoms with Gasteiger partial charge in [-0.25, -0.2) is 0 Å². The van der Waals surface area contributed by atoms with Crippen molar-refractivity contribution >= 4 is 16.6 Å². The monoisotopic (exact) mass is 292 g/mol. The number of rotatable bonds is 5. The van der Waals surface area contributed by atoms with E-state index in [9.17, 15) is 9.00 Å². The summed E-state index contributed by atoms with van der Waals surface area (Å²) in [5.41, 5.74) is 1.92. The zero-order chi connectivity index (χ0) is 14.5. The van der Waals surface area contributed by atoms with E-state index in [1.807, 2.05) is 31.2 Å². The van der Waals surface area contributed by atoms with Crippen LogP contribution in [0.4, 0.5) is 0 Å². The van der Waals surface area contributed by atoms with E-state index in [2.05, 4.69) is 6.92 Å². The van der Waals surface area contributed by atoms with Crippen molar-refractivity contribution in [3.8, 4) is 0 Å². The van der Waals surface area contributed by atoms with Gasteiger partial charge >= 0.3 is 0 Å². The fourth-order valence-electron chi connectivity index (χ4n) is 2.83. The maximum Gasteiger partial charge on any atom is 0.178 e. The summed E-state index contributed by atoms with van der Waals surface area (Å²) >= 11 is 0. The molecule has 1 aromatic carbocycles. The molecule has 0 saturated heterocycles. The molecule has 110 valence electrons. The number of aryl methyl sites for hydroxylation is 1. The molecule has 1 fully saturated rings. The van der Waals surface area contributed by atoms with Crippen LogP contribution in [0.15, 0.2) is 24.3 Å². The molecule has 2 atom stereocenters. The Morgan fingerprint density at radius 2 is 1.80 bits per heavy atom. The number of benzene rings is 1. The molecule has 0 spiro atoms. The second-order valence-electron chi connectivity index (χ2n) is 5.65. The molecule has 0 radical (unpaired) electrons. The summed E-state index contributed by atoms with van der Waals surface area (Å²) in [4.78, 5) is 12.4. The first-order valence-electron chi connectivity index (χ1n) is 7.66. The predicted molar refractivity (Wildman–Crippen MR) is 84.6 cm³/mol. The Kier molecular flexibility index (Phi) is 5.53. The Morgan fingerprint density at radius 3 is 2.35 bits per heavy atom. The Bertz CT molecular complexity index is 472. The molecule has 0 N–H and O–H groups in total. The highest BCUT2D eigenvalue weighted by atomic mass is 32.2. The minimum atomic E-state index is -1.04. The maximum atomic E-state index is 12.5. The molecule has 1 aliphatic rings. The highest BCUT2D eigenvalue weighted by Gasteiger charge is 2.28. The molecule has 0 bridgehead atoms. The van der Waals surface area contributed by atoms with Gasteiger partial charge in [-0.1, -0.05) is 50.5 Å². The summed E-state index contributed by atoms with van der Waals surface area (Å²) in [6, 6.07) is 7.72. The third kappa shape index (κ3) is 3.57. The molecule has 0 aromatic heterocycles. The van der Waals surface area contributed by atoms with Crippen LogP contribution in [-0.2, 0) is 17.2 Å². The molecule has 2 unspecified atom stereocenters. The number of carbonyl (C=O) groups excluding carboxylic acids is 1. The van der Waals surface area contributed by atoms with Crippen LogP contribution in [0.1, 0.15) is 61.9 Å². The number of hydrogen-bond donors (Lipinski definition) is 0. The standard InChI is InChI=1S/C17H24O2S/c1-3-14-9-11-15(12-10-14)17(18)13(2)20(19)16-7-5-4-6-8-16/h9-13,16H,3-8H2,1-2H3. The molecule has 1 saturated carbocycles. The minimum Gasteiger partial charge on any atom is -0.293 e. The third-order valence-electron chi connectivity index (χ3n) is 4.25. The first-order chi connectivity index (χ1) is 9.63. The molecule has 0 aliphatic heterocycles. The van der Waals surface area contributed by atoms with Crippen LogP contribution < -0.4 is 0 Å². The van der Waals surface area contributed by atoms with E-state index in [-0.39, 0.29) is 16.3 Å². The number of hydrogen-bond acceptors (Lipinski definition) is 2. The summed E-state index contributed by atoms with van der Waals surface area (Å²) in [5, 5.41) is -0.164. The average molecular weight is 292 g/mol. The first kappa shape index (κ1) is 15.4. The van der Waals surface area contributed by atoms with E-state index in [1.54, 1.807) is 0 Å². The average Bonchev–Trinajstić information content (AvgIpc) is 2.53. The molecule has 0 heterocycles. The summed E-state index contributed by atoms with van der Waals surface area (Å²) in [6.07, 6.45) is 6.55. The summed E-state index contributed by atoms with van der Waals surface area (Å²) in [6.45, 7) is 3.92. The fourth-order valence-corrected chi connectivity index (χ4v) is 4.55. The SMILES string of the molecule is CCc1ccc(C(=O)C(C)S(=O)C2CCCCC2)cc1. The van der Waals surface area contributed by atoms with Crippen molar-refractivity contribution in [1.29, 1.82) is 0 Å². The van der Waals surface area contributed by atoms with E-state index < -0.39 is 10.8 Å². The van der Waals surface area contributed by atoms with Crippen molar-refractivity contribution in [3.05, 3.63) is 35.4 Å². The molecule has 3 heteroatoms. The Morgan fingerprint density at radius 1 is 1.20 bits per heavy atom. The summed E-state index contributed by atoms with van der Waals surface area (Å²) in [7, 11) is -1.04. The fraction of sp³-hybridized carbons (Fsp3) is 0.588. The second-order valence-corrected chi connectivity index (χ2v) is 7.68. The number of Topliss-reactive ketones (excluding diaryl/α,β-unsaturated/α-hetero) is 1. The lowest BCUT2D eigenvalue weighted by Gasteiger charge is -2.23. The van der Waals surface area contributed by atoms with Crippen molar-refractivity contribution in [3.63, 3.8) is 0 Å². The Labute approximate surface area is 124 Å². The van der Waals surface area contributed by atoms with E-state index in [0.29, 0.717) is 5.56 Å². The molecule has 20 heavy (non-hydrogen) atoms. The normalized spacial score (nSPS) is 19.5. The molecular formula is C17H24O2S. The van der Waals surface area contributed by atoms with Gasteiger partial charge in [-0.3, -0.25) is 9.00 Å². The molecule has 0 amide bonds. The Hall–Kier alpha value is -0.960. The molecule has 1 aromatic rings. The van der Waals surface area contributed by atoms with Crippen molar-refractivity contribution in [2.24, 2.45) is 0 Å². The highest BCUT2D eigenvalue weighted by Crippen LogP contribution is 2.25. The smallest absolute Gasteiger partial charge is 0.178 e. The van der Waals surface area contributed by atoms with Gasteiger partial charge in [0.05, 0.1) is 5.25 Å². The van der Waals surface area contributed by atoms with Gasteiger partial charge in [0.25, 0.3) is 0 Å². The van der Waals surface area contributed by atoms with Crippen LogP contribution in [-0.4, -0.2) is 20.5 Å². The molecule has 1 aliphatic carbocycles. The predicted octanol–water partition coefficient (Wildman–Crippen LogP) is 3.90. The lowest BCUT2D eigenvalue weighted by molar-refractivity contribution is 0.0992. The maximum absolute atomic E-state index is 12.5. The summed E-state index contributed by atoms with van der Waals surface area (Å²) < 4.78 is 12.5.